The fraction of sp³-hybridized carbons (Fsp3) is 0.556. The average molecular weight is 506 g/mol. The third-order valence-electron chi connectivity index (χ3n) is 7.19. The van der Waals surface area contributed by atoms with Gasteiger partial charge in [-0.05, 0) is 76.4 Å². The van der Waals surface area contributed by atoms with E-state index in [1.54, 1.807) is 23.2 Å². The van der Waals surface area contributed by atoms with E-state index in [1.807, 2.05) is 29.2 Å². The number of carbonyl (C=O) groups is 1. The third-order valence-corrected chi connectivity index (χ3v) is 7.19. The molecule has 0 spiro atoms. The van der Waals surface area contributed by atoms with Gasteiger partial charge in [-0.2, -0.15) is 13.2 Å². The van der Waals surface area contributed by atoms with Crippen LogP contribution in [0.15, 0.2) is 42.6 Å². The average Bonchev–Trinajstić information content (AvgIpc) is 3.29. The SMILES string of the molecule is CC(C)(CN1CCC(COc2ccc(-c3ccc(C(=O)N4CC[C@@H](O)C4)cc3)nc2)CC1)C(F)(F)F. The molecule has 2 saturated heterocycles. The molecule has 0 saturated carbocycles. The number of ether oxygens (including phenoxy) is 1. The number of carbonyl (C=O) groups excluding carboxylic acids is 1. The summed E-state index contributed by atoms with van der Waals surface area (Å²) in [6.45, 7) is 5.27. The number of hydrogen-bond acceptors (Lipinski definition) is 5. The van der Waals surface area contributed by atoms with Crippen LogP contribution < -0.4 is 4.74 Å². The van der Waals surface area contributed by atoms with E-state index in [1.165, 1.54) is 13.8 Å². The maximum atomic E-state index is 13.2. The predicted octanol–water partition coefficient (Wildman–Crippen LogP) is 4.63. The van der Waals surface area contributed by atoms with Gasteiger partial charge in [-0.1, -0.05) is 12.1 Å². The van der Waals surface area contributed by atoms with Crippen molar-refractivity contribution in [3.05, 3.63) is 48.2 Å². The number of benzene rings is 1. The number of pyridine rings is 1. The summed E-state index contributed by atoms with van der Waals surface area (Å²) in [5.41, 5.74) is 0.518. The second-order valence-electron chi connectivity index (χ2n) is 10.6. The normalized spacial score (nSPS) is 20.1. The van der Waals surface area contributed by atoms with Crippen LogP contribution in [0.4, 0.5) is 13.2 Å². The van der Waals surface area contributed by atoms with E-state index in [4.69, 9.17) is 4.74 Å². The first-order valence-corrected chi connectivity index (χ1v) is 12.5. The lowest BCUT2D eigenvalue weighted by atomic mass is 9.89. The van der Waals surface area contributed by atoms with E-state index in [0.29, 0.717) is 56.4 Å². The molecule has 2 fully saturated rings. The molecule has 1 N–H and O–H groups in total. The first-order valence-electron chi connectivity index (χ1n) is 12.5. The topological polar surface area (TPSA) is 65.9 Å². The number of amides is 1. The van der Waals surface area contributed by atoms with Crippen molar-refractivity contribution in [3.63, 3.8) is 0 Å². The highest BCUT2D eigenvalue weighted by molar-refractivity contribution is 5.94. The minimum absolute atomic E-state index is 0.0198. The molecule has 9 heteroatoms. The Labute approximate surface area is 210 Å². The fourth-order valence-corrected chi connectivity index (χ4v) is 4.70. The highest BCUT2D eigenvalue weighted by atomic mass is 19.4. The van der Waals surface area contributed by atoms with Crippen molar-refractivity contribution in [2.45, 2.75) is 45.4 Å². The van der Waals surface area contributed by atoms with Crippen LogP contribution >= 0.6 is 0 Å². The maximum absolute atomic E-state index is 13.2. The Balaban J connectivity index is 1.24. The van der Waals surface area contributed by atoms with Crippen molar-refractivity contribution in [1.82, 2.24) is 14.8 Å². The number of alkyl halides is 3. The summed E-state index contributed by atoms with van der Waals surface area (Å²) in [4.78, 5) is 20.6. The van der Waals surface area contributed by atoms with Gasteiger partial charge in [0.1, 0.15) is 5.75 Å². The summed E-state index contributed by atoms with van der Waals surface area (Å²) in [6.07, 6.45) is -0.754. The molecule has 1 atom stereocenters. The Bertz CT molecular complexity index is 1020. The molecular formula is C27H34F3N3O3. The third kappa shape index (κ3) is 6.37. The molecule has 4 rings (SSSR count). The molecule has 1 amide bonds. The minimum Gasteiger partial charge on any atom is -0.492 e. The van der Waals surface area contributed by atoms with Gasteiger partial charge < -0.3 is 19.6 Å². The summed E-state index contributed by atoms with van der Waals surface area (Å²) >= 11 is 0. The van der Waals surface area contributed by atoms with Crippen LogP contribution in [0.25, 0.3) is 11.3 Å². The quantitative estimate of drug-likeness (QED) is 0.594. The Kier molecular flexibility index (Phi) is 7.90. The lowest BCUT2D eigenvalue weighted by Crippen LogP contribution is -2.46. The Morgan fingerprint density at radius 2 is 1.75 bits per heavy atom. The van der Waals surface area contributed by atoms with Gasteiger partial charge in [0.05, 0.1) is 30.0 Å². The van der Waals surface area contributed by atoms with Crippen molar-refractivity contribution in [3.8, 4) is 17.0 Å². The van der Waals surface area contributed by atoms with Crippen LogP contribution in [0.3, 0.4) is 0 Å². The molecule has 2 aliphatic heterocycles. The molecule has 3 heterocycles. The number of nitrogens with zero attached hydrogens (tertiary/aromatic N) is 3. The van der Waals surface area contributed by atoms with Crippen molar-refractivity contribution in [1.29, 1.82) is 0 Å². The van der Waals surface area contributed by atoms with Crippen molar-refractivity contribution >= 4 is 5.91 Å². The molecule has 2 aliphatic rings. The molecule has 2 aromatic rings. The second kappa shape index (κ2) is 10.8. The summed E-state index contributed by atoms with van der Waals surface area (Å²) < 4.78 is 45.4. The molecular weight excluding hydrogens is 471 g/mol. The summed E-state index contributed by atoms with van der Waals surface area (Å²) in [7, 11) is 0. The largest absolute Gasteiger partial charge is 0.492 e. The van der Waals surface area contributed by atoms with E-state index in [-0.39, 0.29) is 12.5 Å². The summed E-state index contributed by atoms with van der Waals surface area (Å²) in [5.74, 6) is 0.875. The first-order chi connectivity index (χ1) is 17.0. The van der Waals surface area contributed by atoms with E-state index >= 15 is 0 Å². The number of aromatic nitrogens is 1. The molecule has 6 nitrogen and oxygen atoms in total. The van der Waals surface area contributed by atoms with Crippen LogP contribution in [-0.4, -0.2) is 77.4 Å². The van der Waals surface area contributed by atoms with Gasteiger partial charge in [-0.15, -0.1) is 0 Å². The van der Waals surface area contributed by atoms with Crippen molar-refractivity contribution < 1.29 is 27.8 Å². The molecule has 196 valence electrons. The number of halogens is 3. The van der Waals surface area contributed by atoms with Gasteiger partial charge in [-0.25, -0.2) is 0 Å². The number of aliphatic hydroxyl groups is 1. The molecule has 0 unspecified atom stereocenters. The van der Waals surface area contributed by atoms with Gasteiger partial charge in [-0.3, -0.25) is 9.78 Å². The molecule has 1 aromatic heterocycles. The van der Waals surface area contributed by atoms with Crippen LogP contribution in [-0.2, 0) is 0 Å². The van der Waals surface area contributed by atoms with Crippen LogP contribution in [0, 0.1) is 11.3 Å². The lowest BCUT2D eigenvalue weighted by molar-refractivity contribution is -0.217. The second-order valence-corrected chi connectivity index (χ2v) is 10.6. The molecule has 0 bridgehead atoms. The maximum Gasteiger partial charge on any atom is 0.395 e. The van der Waals surface area contributed by atoms with E-state index in [2.05, 4.69) is 4.98 Å². The number of likely N-dealkylation sites (tertiary alicyclic amines) is 2. The smallest absolute Gasteiger partial charge is 0.395 e. The van der Waals surface area contributed by atoms with Crippen LogP contribution in [0.5, 0.6) is 5.75 Å². The van der Waals surface area contributed by atoms with Gasteiger partial charge in [0.15, 0.2) is 0 Å². The molecule has 0 radical (unpaired) electrons. The van der Waals surface area contributed by atoms with Crippen molar-refractivity contribution in [2.75, 3.05) is 39.3 Å². The number of aliphatic hydroxyl groups excluding tert-OH is 1. The fourth-order valence-electron chi connectivity index (χ4n) is 4.70. The number of β-amino-alcohol motifs (C(OH)–C–C–N with tert-alkyl or cyclic N) is 1. The number of piperidine rings is 1. The lowest BCUT2D eigenvalue weighted by Gasteiger charge is -2.38. The summed E-state index contributed by atoms with van der Waals surface area (Å²) in [6, 6.07) is 11.0. The van der Waals surface area contributed by atoms with Gasteiger partial charge in [0.2, 0.25) is 0 Å². The van der Waals surface area contributed by atoms with E-state index in [9.17, 15) is 23.1 Å². The van der Waals surface area contributed by atoms with Crippen LogP contribution in [0.2, 0.25) is 0 Å². The molecule has 1 aromatic carbocycles. The highest BCUT2D eigenvalue weighted by Gasteiger charge is 2.48. The Hall–Kier alpha value is -2.65. The zero-order valence-corrected chi connectivity index (χ0v) is 20.8. The Morgan fingerprint density at radius 3 is 2.31 bits per heavy atom. The Morgan fingerprint density at radius 1 is 1.06 bits per heavy atom. The highest BCUT2D eigenvalue weighted by Crippen LogP contribution is 2.38. The van der Waals surface area contributed by atoms with E-state index in [0.717, 1.165) is 24.1 Å². The van der Waals surface area contributed by atoms with Gasteiger partial charge in [0.25, 0.3) is 5.91 Å². The number of rotatable bonds is 7. The molecule has 36 heavy (non-hydrogen) atoms. The monoisotopic (exact) mass is 505 g/mol. The zero-order chi connectivity index (χ0) is 25.9. The van der Waals surface area contributed by atoms with Crippen LogP contribution in [0.1, 0.15) is 43.5 Å². The van der Waals surface area contributed by atoms with E-state index < -0.39 is 17.7 Å². The minimum atomic E-state index is -4.20. The first kappa shape index (κ1) is 26.4. The van der Waals surface area contributed by atoms with Gasteiger partial charge in [0, 0.05) is 30.8 Å². The zero-order valence-electron chi connectivity index (χ0n) is 20.8. The number of hydrogen-bond donors (Lipinski definition) is 1. The predicted molar refractivity (Wildman–Crippen MR) is 131 cm³/mol. The van der Waals surface area contributed by atoms with Gasteiger partial charge >= 0.3 is 6.18 Å². The van der Waals surface area contributed by atoms with Crippen molar-refractivity contribution in [2.24, 2.45) is 11.3 Å². The molecule has 0 aliphatic carbocycles. The standard InChI is InChI=1S/C27H34F3N3O3/c1-26(2,27(28,29)30)18-32-12-9-19(10-13-32)17-36-23-7-8-24(31-15-23)20-3-5-21(6-4-20)25(35)33-14-11-22(34)16-33/h3-8,15,19,22,34H,9-14,16-18H2,1-2H3/t22-/m1/s1. The summed E-state index contributed by atoms with van der Waals surface area (Å²) in [5, 5.41) is 9.65.